The van der Waals surface area contributed by atoms with Crippen LogP contribution in [0.1, 0.15) is 44.1 Å². The third kappa shape index (κ3) is 2.27. The number of nitrogens with two attached hydrogens (primary N) is 1. The minimum Gasteiger partial charge on any atom is -0.326 e. The smallest absolute Gasteiger partial charge is 0.260 e. The van der Waals surface area contributed by atoms with Gasteiger partial charge in [-0.1, -0.05) is 12.8 Å². The van der Waals surface area contributed by atoms with Crippen molar-refractivity contribution in [3.05, 3.63) is 11.8 Å². The Morgan fingerprint density at radius 2 is 2.05 bits per heavy atom. The highest BCUT2D eigenvalue weighted by molar-refractivity contribution is 7.89. The molecule has 7 heteroatoms. The summed E-state index contributed by atoms with van der Waals surface area (Å²) in [5.41, 5.74) is 6.18. The summed E-state index contributed by atoms with van der Waals surface area (Å²) < 4.78 is 27.5. The predicted molar refractivity (Wildman–Crippen MR) is 75.4 cm³/mol. The number of fused-ring (bicyclic) bond motifs is 1. The van der Waals surface area contributed by atoms with Gasteiger partial charge in [-0.05, 0) is 31.6 Å². The Hall–Kier alpha value is -0.920. The van der Waals surface area contributed by atoms with Crippen molar-refractivity contribution in [1.82, 2.24) is 14.5 Å². The Morgan fingerprint density at radius 3 is 2.85 bits per heavy atom. The Morgan fingerprint density at radius 1 is 1.30 bits per heavy atom. The van der Waals surface area contributed by atoms with Crippen molar-refractivity contribution in [3.8, 4) is 0 Å². The molecule has 112 valence electrons. The second kappa shape index (κ2) is 5.46. The van der Waals surface area contributed by atoms with Gasteiger partial charge >= 0.3 is 0 Å². The van der Waals surface area contributed by atoms with Crippen molar-refractivity contribution in [2.24, 2.45) is 11.7 Å². The average Bonchev–Trinajstić information content (AvgIpc) is 2.96. The molecule has 0 aromatic carbocycles. The molecule has 1 saturated carbocycles. The Kier molecular flexibility index (Phi) is 3.83. The highest BCUT2D eigenvalue weighted by Crippen LogP contribution is 2.38. The van der Waals surface area contributed by atoms with Crippen molar-refractivity contribution in [3.63, 3.8) is 0 Å². The Bertz CT molecular complexity index is 567. The number of sulfonamides is 1. The van der Waals surface area contributed by atoms with Gasteiger partial charge in [0.25, 0.3) is 10.0 Å². The second-order valence-electron chi connectivity index (χ2n) is 5.80. The maximum absolute atomic E-state index is 12.9. The number of hydrogen-bond donors (Lipinski definition) is 2. The normalized spacial score (nSPS) is 28.2. The SMILES string of the molecule is NCc1cn[nH]c1S(=O)(=O)N1CCCC2CCCCC21. The van der Waals surface area contributed by atoms with Gasteiger partial charge in [0.1, 0.15) is 0 Å². The van der Waals surface area contributed by atoms with Crippen LogP contribution in [0, 0.1) is 5.92 Å². The lowest BCUT2D eigenvalue weighted by atomic mass is 9.79. The first-order valence-electron chi connectivity index (χ1n) is 7.38. The standard InChI is InChI=1S/C13H22N4O2S/c14-8-11-9-15-16-13(11)20(18,19)17-7-3-5-10-4-1-2-6-12(10)17/h9-10,12H,1-8,14H2,(H,15,16). The van der Waals surface area contributed by atoms with E-state index in [4.69, 9.17) is 5.73 Å². The molecule has 1 saturated heterocycles. The summed E-state index contributed by atoms with van der Waals surface area (Å²) in [7, 11) is -3.50. The van der Waals surface area contributed by atoms with Gasteiger partial charge in [-0.3, -0.25) is 5.10 Å². The van der Waals surface area contributed by atoms with Crippen LogP contribution in [0.4, 0.5) is 0 Å². The van der Waals surface area contributed by atoms with E-state index in [0.717, 1.165) is 32.1 Å². The summed E-state index contributed by atoms with van der Waals surface area (Å²) in [6, 6.07) is 0.163. The minimum atomic E-state index is -3.50. The second-order valence-corrected chi connectivity index (χ2v) is 7.63. The lowest BCUT2D eigenvalue weighted by molar-refractivity contribution is 0.128. The Labute approximate surface area is 119 Å². The van der Waals surface area contributed by atoms with E-state index in [1.54, 1.807) is 4.31 Å². The van der Waals surface area contributed by atoms with Gasteiger partial charge in [-0.15, -0.1) is 0 Å². The topological polar surface area (TPSA) is 92.1 Å². The van der Waals surface area contributed by atoms with E-state index >= 15 is 0 Å². The zero-order chi connectivity index (χ0) is 14.2. The summed E-state index contributed by atoms with van der Waals surface area (Å²) in [6.07, 6.45) is 8.11. The van der Waals surface area contributed by atoms with Crippen LogP contribution in [0.2, 0.25) is 0 Å². The minimum absolute atomic E-state index is 0.163. The summed E-state index contributed by atoms with van der Waals surface area (Å²) in [5, 5.41) is 6.66. The van der Waals surface area contributed by atoms with Crippen LogP contribution >= 0.6 is 0 Å². The first kappa shape index (κ1) is 14.0. The molecular weight excluding hydrogens is 276 g/mol. The molecule has 1 aliphatic heterocycles. The summed E-state index contributed by atoms with van der Waals surface area (Å²) in [6.45, 7) is 0.805. The fraction of sp³-hybridized carbons (Fsp3) is 0.769. The third-order valence-electron chi connectivity index (χ3n) is 4.66. The zero-order valence-electron chi connectivity index (χ0n) is 11.6. The van der Waals surface area contributed by atoms with Gasteiger partial charge in [-0.25, -0.2) is 8.42 Å². The molecule has 2 heterocycles. The van der Waals surface area contributed by atoms with Crippen LogP contribution in [0.5, 0.6) is 0 Å². The molecule has 2 aliphatic rings. The number of nitrogens with one attached hydrogen (secondary N) is 1. The molecule has 2 unspecified atom stereocenters. The maximum Gasteiger partial charge on any atom is 0.260 e. The molecule has 3 rings (SSSR count). The molecule has 1 aliphatic carbocycles. The van der Waals surface area contributed by atoms with E-state index in [9.17, 15) is 8.42 Å². The molecular formula is C13H22N4O2S. The molecule has 0 bridgehead atoms. The number of hydrogen-bond acceptors (Lipinski definition) is 4. The van der Waals surface area contributed by atoms with Gasteiger partial charge in [0.05, 0.1) is 6.20 Å². The molecule has 20 heavy (non-hydrogen) atoms. The third-order valence-corrected chi connectivity index (χ3v) is 6.60. The number of nitrogens with zero attached hydrogens (tertiary/aromatic N) is 2. The van der Waals surface area contributed by atoms with Crippen LogP contribution in [-0.2, 0) is 16.6 Å². The van der Waals surface area contributed by atoms with Crippen molar-refractivity contribution >= 4 is 10.0 Å². The number of rotatable bonds is 3. The van der Waals surface area contributed by atoms with E-state index in [2.05, 4.69) is 10.2 Å². The lowest BCUT2D eigenvalue weighted by Gasteiger charge is -2.42. The number of aromatic nitrogens is 2. The van der Waals surface area contributed by atoms with Gasteiger partial charge in [-0.2, -0.15) is 9.40 Å². The number of piperidine rings is 1. The van der Waals surface area contributed by atoms with Crippen molar-refractivity contribution < 1.29 is 8.42 Å². The molecule has 0 radical (unpaired) electrons. The molecule has 0 spiro atoms. The van der Waals surface area contributed by atoms with Crippen LogP contribution in [0.15, 0.2) is 11.2 Å². The van der Waals surface area contributed by atoms with E-state index in [0.29, 0.717) is 18.0 Å². The van der Waals surface area contributed by atoms with Crippen molar-refractivity contribution in [2.75, 3.05) is 6.54 Å². The first-order chi connectivity index (χ1) is 9.64. The van der Waals surface area contributed by atoms with Crippen molar-refractivity contribution in [1.29, 1.82) is 0 Å². The predicted octanol–water partition coefficient (Wildman–Crippen LogP) is 1.21. The van der Waals surface area contributed by atoms with E-state index in [1.165, 1.54) is 12.6 Å². The van der Waals surface area contributed by atoms with Crippen LogP contribution in [-0.4, -0.2) is 35.5 Å². The Balaban J connectivity index is 1.93. The van der Waals surface area contributed by atoms with Crippen molar-refractivity contribution in [2.45, 2.75) is 56.1 Å². The molecule has 1 aromatic heterocycles. The summed E-state index contributed by atoms with van der Waals surface area (Å²) in [4.78, 5) is 0. The first-order valence-corrected chi connectivity index (χ1v) is 8.82. The quantitative estimate of drug-likeness (QED) is 0.877. The largest absolute Gasteiger partial charge is 0.326 e. The molecule has 1 aromatic rings. The number of aromatic amines is 1. The summed E-state index contributed by atoms with van der Waals surface area (Å²) >= 11 is 0. The lowest BCUT2D eigenvalue weighted by Crippen LogP contribution is -2.49. The summed E-state index contributed by atoms with van der Waals surface area (Å²) in [5.74, 6) is 0.525. The van der Waals surface area contributed by atoms with E-state index < -0.39 is 10.0 Å². The average molecular weight is 298 g/mol. The van der Waals surface area contributed by atoms with E-state index in [1.807, 2.05) is 0 Å². The fourth-order valence-corrected chi connectivity index (χ4v) is 5.54. The molecule has 6 nitrogen and oxygen atoms in total. The highest BCUT2D eigenvalue weighted by Gasteiger charge is 2.41. The molecule has 2 atom stereocenters. The van der Waals surface area contributed by atoms with Crippen LogP contribution in [0.25, 0.3) is 0 Å². The van der Waals surface area contributed by atoms with Gasteiger partial charge < -0.3 is 5.73 Å². The van der Waals surface area contributed by atoms with Crippen LogP contribution < -0.4 is 5.73 Å². The van der Waals surface area contributed by atoms with Gasteiger partial charge in [0, 0.05) is 24.7 Å². The highest BCUT2D eigenvalue weighted by atomic mass is 32.2. The zero-order valence-corrected chi connectivity index (χ0v) is 12.4. The molecule has 3 N–H and O–H groups in total. The van der Waals surface area contributed by atoms with Crippen LogP contribution in [0.3, 0.4) is 0 Å². The molecule has 2 fully saturated rings. The fourth-order valence-electron chi connectivity index (χ4n) is 3.66. The van der Waals surface area contributed by atoms with Gasteiger partial charge in [0.15, 0.2) is 5.03 Å². The molecule has 0 amide bonds. The number of H-pyrrole nitrogens is 1. The van der Waals surface area contributed by atoms with Gasteiger partial charge in [0.2, 0.25) is 0 Å². The monoisotopic (exact) mass is 298 g/mol. The maximum atomic E-state index is 12.9. The van der Waals surface area contributed by atoms with E-state index in [-0.39, 0.29) is 17.6 Å².